The minimum atomic E-state index is -3.98. The fraction of sp³-hybridized carbons (Fsp3) is 0.0800. The number of thiazole rings is 1. The molecule has 9 nitrogen and oxygen atoms in total. The van der Waals surface area contributed by atoms with Crippen LogP contribution in [-0.4, -0.2) is 37.0 Å². The van der Waals surface area contributed by atoms with E-state index >= 15 is 0 Å². The number of phenols is 1. The van der Waals surface area contributed by atoms with Crippen molar-refractivity contribution >= 4 is 38.4 Å². The first-order valence-electron chi connectivity index (χ1n) is 10.7. The van der Waals surface area contributed by atoms with E-state index in [9.17, 15) is 23.1 Å². The zero-order valence-electron chi connectivity index (χ0n) is 18.7. The van der Waals surface area contributed by atoms with E-state index in [1.54, 1.807) is 29.6 Å². The molecule has 11 heteroatoms. The molecule has 36 heavy (non-hydrogen) atoms. The van der Waals surface area contributed by atoms with E-state index in [1.165, 1.54) is 17.4 Å². The van der Waals surface area contributed by atoms with Crippen molar-refractivity contribution < 1.29 is 27.9 Å². The highest BCUT2D eigenvalue weighted by molar-refractivity contribution is 7.89. The Hall–Kier alpha value is -4.06. The molecule has 0 atom stereocenters. The lowest BCUT2D eigenvalue weighted by molar-refractivity contribution is -0.119. The van der Waals surface area contributed by atoms with Gasteiger partial charge >= 0.3 is 5.97 Å². The van der Waals surface area contributed by atoms with Crippen LogP contribution in [0.4, 0.5) is 5.13 Å². The Morgan fingerprint density at radius 1 is 0.972 bits per heavy atom. The maximum absolute atomic E-state index is 12.7. The molecule has 184 valence electrons. The van der Waals surface area contributed by atoms with Gasteiger partial charge in [-0.15, -0.1) is 11.3 Å². The molecule has 1 heterocycles. The van der Waals surface area contributed by atoms with Gasteiger partial charge in [0.2, 0.25) is 10.0 Å². The molecule has 0 aliphatic heterocycles. The molecule has 1 amide bonds. The predicted molar refractivity (Wildman–Crippen MR) is 135 cm³/mol. The topological polar surface area (TPSA) is 135 Å². The number of nitrogens with zero attached hydrogens (tertiary/aromatic N) is 1. The molecule has 1 aromatic heterocycles. The summed E-state index contributed by atoms with van der Waals surface area (Å²) in [5, 5.41) is 14.7. The Morgan fingerprint density at radius 2 is 1.67 bits per heavy atom. The Labute approximate surface area is 211 Å². The molecule has 0 unspecified atom stereocenters. The number of hydrogen-bond donors (Lipinski definition) is 3. The van der Waals surface area contributed by atoms with E-state index < -0.39 is 34.3 Å². The molecule has 3 aromatic carbocycles. The SMILES string of the molecule is O=C(COC(=O)c1cc(S(=O)(=O)NCc2ccccc2)ccc1O)Nc1nc(-c2ccccc2)cs1. The van der Waals surface area contributed by atoms with Gasteiger partial charge in [-0.1, -0.05) is 60.7 Å². The quantitative estimate of drug-likeness (QED) is 0.284. The fourth-order valence-electron chi connectivity index (χ4n) is 3.14. The van der Waals surface area contributed by atoms with Gasteiger partial charge in [-0.3, -0.25) is 10.1 Å². The first-order valence-corrected chi connectivity index (χ1v) is 13.0. The number of hydrogen-bond acceptors (Lipinski definition) is 8. The molecular formula is C25H21N3O6S2. The molecule has 0 aliphatic carbocycles. The number of nitrogens with one attached hydrogen (secondary N) is 2. The Bertz CT molecular complexity index is 1470. The van der Waals surface area contributed by atoms with Crippen molar-refractivity contribution in [3.8, 4) is 17.0 Å². The second-order valence-corrected chi connectivity index (χ2v) is 10.1. The summed E-state index contributed by atoms with van der Waals surface area (Å²) in [7, 11) is -3.98. The third kappa shape index (κ3) is 6.33. The minimum Gasteiger partial charge on any atom is -0.507 e. The summed E-state index contributed by atoms with van der Waals surface area (Å²) >= 11 is 1.22. The number of sulfonamides is 1. The zero-order chi connectivity index (χ0) is 25.5. The zero-order valence-corrected chi connectivity index (χ0v) is 20.4. The van der Waals surface area contributed by atoms with Crippen LogP contribution in [0.15, 0.2) is 89.1 Å². The summed E-state index contributed by atoms with van der Waals surface area (Å²) in [5.41, 5.74) is 1.95. The number of esters is 1. The van der Waals surface area contributed by atoms with Crippen LogP contribution in [0.2, 0.25) is 0 Å². The van der Waals surface area contributed by atoms with Crippen molar-refractivity contribution in [1.82, 2.24) is 9.71 Å². The number of rotatable bonds is 9. The van der Waals surface area contributed by atoms with E-state index in [4.69, 9.17) is 4.74 Å². The van der Waals surface area contributed by atoms with Gasteiger partial charge in [-0.2, -0.15) is 0 Å². The standard InChI is InChI=1S/C25H21N3O6S2/c29-22-12-11-19(36(32,33)26-14-17-7-3-1-4-8-17)13-20(22)24(31)34-15-23(30)28-25-27-21(16-35-25)18-9-5-2-6-10-18/h1-13,16,26,29H,14-15H2,(H,27,28,30). The van der Waals surface area contributed by atoms with Crippen molar-refractivity contribution in [3.63, 3.8) is 0 Å². The molecule has 0 fully saturated rings. The van der Waals surface area contributed by atoms with Gasteiger partial charge in [-0.25, -0.2) is 22.9 Å². The van der Waals surface area contributed by atoms with Crippen LogP contribution in [0.3, 0.4) is 0 Å². The molecular weight excluding hydrogens is 502 g/mol. The predicted octanol–water partition coefficient (Wildman–Crippen LogP) is 3.79. The van der Waals surface area contributed by atoms with Crippen LogP contribution in [-0.2, 0) is 26.1 Å². The van der Waals surface area contributed by atoms with Crippen LogP contribution in [0, 0.1) is 0 Å². The number of phenolic OH excluding ortho intramolecular Hbond substituents is 1. The third-order valence-electron chi connectivity index (χ3n) is 4.96. The number of carbonyl (C=O) groups excluding carboxylic acids is 2. The van der Waals surface area contributed by atoms with Gasteiger partial charge in [0, 0.05) is 17.5 Å². The number of amides is 1. The van der Waals surface area contributed by atoms with Gasteiger partial charge in [0.1, 0.15) is 11.3 Å². The molecule has 0 saturated heterocycles. The van der Waals surface area contributed by atoms with Crippen LogP contribution in [0.25, 0.3) is 11.3 Å². The van der Waals surface area contributed by atoms with Crippen molar-refractivity contribution in [1.29, 1.82) is 0 Å². The summed E-state index contributed by atoms with van der Waals surface area (Å²) in [6.07, 6.45) is 0. The summed E-state index contributed by atoms with van der Waals surface area (Å²) in [4.78, 5) is 28.8. The normalized spacial score (nSPS) is 11.1. The lowest BCUT2D eigenvalue weighted by atomic mass is 10.2. The minimum absolute atomic E-state index is 0.0484. The summed E-state index contributed by atoms with van der Waals surface area (Å²) in [5.74, 6) is -2.16. The Kier molecular flexibility index (Phi) is 7.74. The van der Waals surface area contributed by atoms with Gasteiger partial charge in [0.15, 0.2) is 11.7 Å². The smallest absolute Gasteiger partial charge is 0.342 e. The van der Waals surface area contributed by atoms with E-state index in [1.807, 2.05) is 36.4 Å². The lowest BCUT2D eigenvalue weighted by Crippen LogP contribution is -2.24. The highest BCUT2D eigenvalue weighted by Crippen LogP contribution is 2.25. The van der Waals surface area contributed by atoms with E-state index in [0.29, 0.717) is 10.8 Å². The maximum atomic E-state index is 12.7. The molecule has 4 aromatic rings. The van der Waals surface area contributed by atoms with Crippen molar-refractivity contribution in [3.05, 3.63) is 95.4 Å². The van der Waals surface area contributed by atoms with Crippen molar-refractivity contribution in [2.45, 2.75) is 11.4 Å². The number of ether oxygens (including phenoxy) is 1. The van der Waals surface area contributed by atoms with Crippen LogP contribution in [0.1, 0.15) is 15.9 Å². The van der Waals surface area contributed by atoms with E-state index in [-0.39, 0.29) is 17.0 Å². The highest BCUT2D eigenvalue weighted by Gasteiger charge is 2.21. The number of benzene rings is 3. The Balaban J connectivity index is 1.36. The van der Waals surface area contributed by atoms with Gasteiger partial charge in [-0.05, 0) is 23.8 Å². The molecule has 0 bridgehead atoms. The molecule has 0 spiro atoms. The highest BCUT2D eigenvalue weighted by atomic mass is 32.2. The number of aromatic nitrogens is 1. The third-order valence-corrected chi connectivity index (χ3v) is 7.12. The first kappa shape index (κ1) is 25.0. The van der Waals surface area contributed by atoms with Crippen LogP contribution >= 0.6 is 11.3 Å². The van der Waals surface area contributed by atoms with E-state index in [2.05, 4.69) is 15.0 Å². The molecule has 0 aliphatic rings. The van der Waals surface area contributed by atoms with Crippen molar-refractivity contribution in [2.75, 3.05) is 11.9 Å². The second kappa shape index (κ2) is 11.1. The Morgan fingerprint density at radius 3 is 2.39 bits per heavy atom. The first-order chi connectivity index (χ1) is 17.3. The molecule has 3 N–H and O–H groups in total. The molecule has 4 rings (SSSR count). The number of carbonyl (C=O) groups is 2. The van der Waals surface area contributed by atoms with Gasteiger partial charge in [0.25, 0.3) is 5.91 Å². The number of aromatic hydroxyl groups is 1. The van der Waals surface area contributed by atoms with Crippen molar-refractivity contribution in [2.24, 2.45) is 0 Å². The summed E-state index contributed by atoms with van der Waals surface area (Å²) in [6, 6.07) is 21.6. The van der Waals surface area contributed by atoms with Crippen LogP contribution < -0.4 is 10.0 Å². The lowest BCUT2D eigenvalue weighted by Gasteiger charge is -2.10. The maximum Gasteiger partial charge on any atom is 0.342 e. The summed E-state index contributed by atoms with van der Waals surface area (Å²) in [6.45, 7) is -0.603. The fourth-order valence-corrected chi connectivity index (χ4v) is 4.92. The van der Waals surface area contributed by atoms with E-state index in [0.717, 1.165) is 23.3 Å². The monoisotopic (exact) mass is 523 g/mol. The average Bonchev–Trinajstić information content (AvgIpc) is 3.36. The average molecular weight is 524 g/mol. The van der Waals surface area contributed by atoms with Gasteiger partial charge < -0.3 is 9.84 Å². The second-order valence-electron chi connectivity index (χ2n) is 7.52. The van der Waals surface area contributed by atoms with Crippen LogP contribution in [0.5, 0.6) is 5.75 Å². The molecule has 0 radical (unpaired) electrons. The largest absolute Gasteiger partial charge is 0.507 e. The number of anilines is 1. The molecule has 0 saturated carbocycles. The summed E-state index contributed by atoms with van der Waals surface area (Å²) < 4.78 is 32.7. The van der Waals surface area contributed by atoms with Gasteiger partial charge in [0.05, 0.1) is 10.6 Å².